The first-order valence-corrected chi connectivity index (χ1v) is 10.3. The summed E-state index contributed by atoms with van der Waals surface area (Å²) in [6, 6.07) is 10.0. The summed E-state index contributed by atoms with van der Waals surface area (Å²) in [6.45, 7) is 0.404. The van der Waals surface area contributed by atoms with Gasteiger partial charge in [0.2, 0.25) is 11.8 Å². The van der Waals surface area contributed by atoms with Gasteiger partial charge in [0.05, 0.1) is 25.4 Å². The number of nitrogens with one attached hydrogen (secondary N) is 2. The average Bonchev–Trinajstić information content (AvgIpc) is 3.13. The van der Waals surface area contributed by atoms with Crippen LogP contribution in [-0.2, 0) is 13.1 Å². The maximum atomic E-state index is 12.4. The zero-order chi connectivity index (χ0) is 24.2. The number of aromatic amines is 2. The van der Waals surface area contributed by atoms with E-state index in [1.807, 2.05) is 0 Å². The molecule has 0 fully saturated rings. The van der Waals surface area contributed by atoms with Crippen LogP contribution in [-0.4, -0.2) is 43.2 Å². The Bertz CT molecular complexity index is 1530. The second-order valence-electron chi connectivity index (χ2n) is 7.46. The van der Waals surface area contributed by atoms with Crippen LogP contribution in [0.4, 0.5) is 0 Å². The summed E-state index contributed by atoms with van der Waals surface area (Å²) in [5.41, 5.74) is 0.778. The van der Waals surface area contributed by atoms with Crippen LogP contribution in [0.25, 0.3) is 16.8 Å². The summed E-state index contributed by atoms with van der Waals surface area (Å²) in [7, 11) is 1.46. The molecule has 2 heterocycles. The van der Waals surface area contributed by atoms with Crippen LogP contribution in [0.5, 0.6) is 23.3 Å². The molecule has 0 radical (unpaired) electrons. The Hall–Kier alpha value is -4.73. The van der Waals surface area contributed by atoms with E-state index < -0.39 is 11.2 Å². The standard InChI is InChI=1S/C24H22N4O6/c1-34-19-8-7-14(10-18(19)29)11-25-12-17-21-15(4-2-6-16(21)22(31)27-23(17)32)5-3-9-28-13-20(30)26-24(28)33/h2-8,10,12-13,29-30H,9,11H2,1H3,(H,26,33)(H2,27,31,32). The van der Waals surface area contributed by atoms with E-state index in [2.05, 4.69) is 15.0 Å². The second kappa shape index (κ2) is 9.41. The number of nitrogens with zero attached hydrogens (tertiary/aromatic N) is 2. The third-order valence-electron chi connectivity index (χ3n) is 5.21. The first-order valence-electron chi connectivity index (χ1n) is 10.3. The van der Waals surface area contributed by atoms with Gasteiger partial charge in [-0.05, 0) is 29.3 Å². The van der Waals surface area contributed by atoms with Gasteiger partial charge in [0.1, 0.15) is 0 Å². The highest BCUT2D eigenvalue weighted by Gasteiger charge is 2.12. The molecule has 0 amide bonds. The lowest BCUT2D eigenvalue weighted by molar-refractivity contribution is 0.373. The number of hydrogen-bond donors (Lipinski definition) is 5. The zero-order valence-corrected chi connectivity index (χ0v) is 18.1. The summed E-state index contributed by atoms with van der Waals surface area (Å²) in [5, 5.41) is 30.6. The second-order valence-corrected chi connectivity index (χ2v) is 7.46. The molecule has 10 heteroatoms. The molecule has 0 saturated carbocycles. The van der Waals surface area contributed by atoms with Crippen LogP contribution in [0, 0.1) is 0 Å². The van der Waals surface area contributed by atoms with E-state index in [4.69, 9.17) is 4.74 Å². The maximum Gasteiger partial charge on any atom is 0.328 e. The van der Waals surface area contributed by atoms with Gasteiger partial charge in [0, 0.05) is 23.5 Å². The topological polar surface area (TPSA) is 153 Å². The van der Waals surface area contributed by atoms with Gasteiger partial charge in [0.25, 0.3) is 5.56 Å². The van der Waals surface area contributed by atoms with Gasteiger partial charge in [-0.15, -0.1) is 0 Å². The summed E-state index contributed by atoms with van der Waals surface area (Å²) < 4.78 is 6.32. The summed E-state index contributed by atoms with van der Waals surface area (Å²) in [4.78, 5) is 33.2. The fraction of sp³-hybridized carbons (Fsp3) is 0.125. The molecule has 5 N–H and O–H groups in total. The number of ether oxygens (including phenoxy) is 1. The number of H-pyrrole nitrogens is 2. The summed E-state index contributed by atoms with van der Waals surface area (Å²) >= 11 is 0. The van der Waals surface area contributed by atoms with E-state index in [9.17, 15) is 24.9 Å². The summed E-state index contributed by atoms with van der Waals surface area (Å²) in [6.07, 6.45) is 6.15. The number of hydrogen-bond acceptors (Lipinski definition) is 7. The molecule has 10 nitrogen and oxygen atoms in total. The number of aliphatic imine (C=N–C) groups is 1. The van der Waals surface area contributed by atoms with Crippen molar-refractivity contribution >= 4 is 23.1 Å². The molecule has 34 heavy (non-hydrogen) atoms. The molecule has 0 spiro atoms. The van der Waals surface area contributed by atoms with Gasteiger partial charge in [-0.1, -0.05) is 30.4 Å². The van der Waals surface area contributed by atoms with Crippen LogP contribution in [0.2, 0.25) is 0 Å². The van der Waals surface area contributed by atoms with E-state index in [1.165, 1.54) is 30.2 Å². The number of allylic oxidation sites excluding steroid dienone is 1. The Kier molecular flexibility index (Phi) is 6.22. The molecule has 0 aliphatic heterocycles. The van der Waals surface area contributed by atoms with E-state index in [1.54, 1.807) is 42.5 Å². The lowest BCUT2D eigenvalue weighted by atomic mass is 10.0. The number of imidazole rings is 1. The Morgan fingerprint density at radius 1 is 1.12 bits per heavy atom. The molecule has 4 aromatic rings. The van der Waals surface area contributed by atoms with Crippen LogP contribution in [0.15, 0.2) is 63.3 Å². The third-order valence-corrected chi connectivity index (χ3v) is 5.21. The molecular formula is C24H22N4O6. The highest BCUT2D eigenvalue weighted by molar-refractivity contribution is 6.05. The fourth-order valence-corrected chi connectivity index (χ4v) is 3.61. The molecule has 4 rings (SSSR count). The predicted octanol–water partition coefficient (Wildman–Crippen LogP) is 2.48. The molecular weight excluding hydrogens is 440 g/mol. The third kappa shape index (κ3) is 4.56. The number of phenolic OH excluding ortho intramolecular Hbond substituents is 1. The Balaban J connectivity index is 1.68. The Morgan fingerprint density at radius 3 is 2.65 bits per heavy atom. The van der Waals surface area contributed by atoms with Gasteiger partial charge in [-0.2, -0.15) is 0 Å². The lowest BCUT2D eigenvalue weighted by Crippen LogP contribution is -2.14. The fourth-order valence-electron chi connectivity index (χ4n) is 3.61. The number of fused-ring (bicyclic) bond motifs is 1. The largest absolute Gasteiger partial charge is 0.504 e. The van der Waals surface area contributed by atoms with Crippen molar-refractivity contribution < 1.29 is 20.1 Å². The van der Waals surface area contributed by atoms with E-state index in [0.29, 0.717) is 27.6 Å². The van der Waals surface area contributed by atoms with Gasteiger partial charge in [0.15, 0.2) is 11.5 Å². The number of methoxy groups -OCH3 is 1. The maximum absolute atomic E-state index is 12.4. The Labute approximate surface area is 192 Å². The number of benzene rings is 2. The minimum atomic E-state index is -0.452. The van der Waals surface area contributed by atoms with Crippen molar-refractivity contribution in [1.82, 2.24) is 14.5 Å². The van der Waals surface area contributed by atoms with Crippen molar-refractivity contribution in [3.8, 4) is 23.3 Å². The van der Waals surface area contributed by atoms with E-state index >= 15 is 0 Å². The van der Waals surface area contributed by atoms with Crippen LogP contribution in [0.3, 0.4) is 0 Å². The minimum absolute atomic E-state index is 0.00481. The highest BCUT2D eigenvalue weighted by Crippen LogP contribution is 2.27. The monoisotopic (exact) mass is 462 g/mol. The van der Waals surface area contributed by atoms with Crippen LogP contribution >= 0.6 is 0 Å². The molecule has 2 aromatic carbocycles. The number of aromatic hydroxyl groups is 3. The predicted molar refractivity (Wildman–Crippen MR) is 128 cm³/mol. The van der Waals surface area contributed by atoms with Gasteiger partial charge >= 0.3 is 5.69 Å². The van der Waals surface area contributed by atoms with Crippen molar-refractivity contribution in [1.29, 1.82) is 0 Å². The molecule has 0 aliphatic rings. The zero-order valence-electron chi connectivity index (χ0n) is 18.1. The van der Waals surface area contributed by atoms with Crippen LogP contribution < -0.4 is 16.0 Å². The smallest absolute Gasteiger partial charge is 0.328 e. The van der Waals surface area contributed by atoms with Crippen molar-refractivity contribution in [3.05, 3.63) is 86.2 Å². The first kappa shape index (κ1) is 22.5. The van der Waals surface area contributed by atoms with Crippen LogP contribution in [0.1, 0.15) is 16.7 Å². The van der Waals surface area contributed by atoms with E-state index in [-0.39, 0.29) is 30.6 Å². The highest BCUT2D eigenvalue weighted by atomic mass is 16.5. The molecule has 0 bridgehead atoms. The molecule has 0 saturated heterocycles. The van der Waals surface area contributed by atoms with Crippen molar-refractivity contribution in [3.63, 3.8) is 0 Å². The molecule has 2 aromatic heterocycles. The molecule has 0 aliphatic carbocycles. The molecule has 0 atom stereocenters. The minimum Gasteiger partial charge on any atom is -0.504 e. The lowest BCUT2D eigenvalue weighted by Gasteiger charge is -2.08. The first-order chi connectivity index (χ1) is 16.4. The SMILES string of the molecule is COc1ccc(CN=Cc2c(O)[nH]c(=O)c3cccc(C=CCn4cc(O)[nH]c4=O)c23)cc1O. The van der Waals surface area contributed by atoms with E-state index in [0.717, 1.165) is 5.56 Å². The quantitative estimate of drug-likeness (QED) is 0.266. The normalized spacial score (nSPS) is 11.7. The number of pyridine rings is 1. The number of phenols is 1. The Morgan fingerprint density at radius 2 is 1.94 bits per heavy atom. The van der Waals surface area contributed by atoms with Gasteiger partial charge in [-0.3, -0.25) is 24.3 Å². The van der Waals surface area contributed by atoms with Gasteiger partial charge in [-0.25, -0.2) is 4.79 Å². The molecule has 0 unspecified atom stereocenters. The average molecular weight is 462 g/mol. The molecule has 174 valence electrons. The van der Waals surface area contributed by atoms with Crippen molar-refractivity contribution in [2.24, 2.45) is 4.99 Å². The van der Waals surface area contributed by atoms with Crippen molar-refractivity contribution in [2.45, 2.75) is 13.1 Å². The summed E-state index contributed by atoms with van der Waals surface area (Å²) in [5.74, 6) is -0.212. The number of aromatic nitrogens is 3. The number of rotatable bonds is 7. The van der Waals surface area contributed by atoms with Gasteiger partial charge < -0.3 is 20.1 Å². The van der Waals surface area contributed by atoms with Crippen molar-refractivity contribution in [2.75, 3.05) is 7.11 Å².